The quantitative estimate of drug-likeness (QED) is 0.0485. The lowest BCUT2D eigenvalue weighted by Gasteiger charge is -2.29. The van der Waals surface area contributed by atoms with E-state index in [-0.39, 0.29) is 74.2 Å². The van der Waals surface area contributed by atoms with Crippen molar-refractivity contribution in [2.24, 2.45) is 41.2 Å². The van der Waals surface area contributed by atoms with Crippen LogP contribution in [0.4, 0.5) is 0 Å². The maximum Gasteiger partial charge on any atom is 0.326 e. The molecule has 20 heteroatoms. The topological polar surface area (TPSA) is 287 Å². The van der Waals surface area contributed by atoms with Crippen molar-refractivity contribution < 1.29 is 48.3 Å². The zero-order valence-electron chi connectivity index (χ0n) is 43.1. The van der Waals surface area contributed by atoms with Crippen LogP contribution >= 0.6 is 11.8 Å². The fourth-order valence-electron chi connectivity index (χ4n) is 7.99. The van der Waals surface area contributed by atoms with Crippen LogP contribution in [0.1, 0.15) is 141 Å². The van der Waals surface area contributed by atoms with Crippen molar-refractivity contribution in [3.8, 4) is 0 Å². The van der Waals surface area contributed by atoms with Gasteiger partial charge in [-0.05, 0) is 105 Å². The molecule has 0 aliphatic carbocycles. The van der Waals surface area contributed by atoms with Gasteiger partial charge in [0.05, 0.1) is 12.6 Å². The van der Waals surface area contributed by atoms with E-state index in [2.05, 4.69) is 37.2 Å². The number of hydrogen-bond donors (Lipinski definition) is 9. The molecule has 68 heavy (non-hydrogen) atoms. The summed E-state index contributed by atoms with van der Waals surface area (Å²) in [6.45, 7) is 22.3. The van der Waals surface area contributed by atoms with E-state index >= 15 is 0 Å². The minimum absolute atomic E-state index is 0.00541. The molecule has 1 fully saturated rings. The predicted octanol–water partition coefficient (Wildman–Crippen LogP) is 2.44. The molecule has 8 amide bonds. The lowest BCUT2D eigenvalue weighted by molar-refractivity contribution is -0.144. The first-order valence-electron chi connectivity index (χ1n) is 24.5. The summed E-state index contributed by atoms with van der Waals surface area (Å²) < 4.78 is 0. The molecule has 10 N–H and O–H groups in total. The molecule has 0 unspecified atom stereocenters. The third-order valence-corrected chi connectivity index (χ3v) is 11.9. The monoisotopic (exact) mass is 982 g/mol. The van der Waals surface area contributed by atoms with Gasteiger partial charge in [0.2, 0.25) is 47.3 Å². The SMILES string of the molecule is CSCC[C@H](NC(=O)[C@@H](N)CC(C)C)C(=O)N[C@@H](CC(C)C)C(=O)N[C@@H](CC(C)C)C(=O)N[C@@H](CC(C)C)C(=O)N[C@@H](CC(C)C)C(=O)NCC(=O)N1CCC[C@H]1C(=O)N[C@@H](CC(C)C)C(=O)O. The number of amides is 8. The molecule has 0 saturated carbocycles. The van der Waals surface area contributed by atoms with Gasteiger partial charge >= 0.3 is 5.97 Å². The number of carbonyl (C=O) groups excluding carboxylic acids is 8. The maximum absolute atomic E-state index is 14.1. The van der Waals surface area contributed by atoms with Gasteiger partial charge in [-0.2, -0.15) is 11.8 Å². The first-order chi connectivity index (χ1) is 31.7. The van der Waals surface area contributed by atoms with E-state index in [0.717, 1.165) is 0 Å². The number of rotatable bonds is 31. The van der Waals surface area contributed by atoms with Crippen LogP contribution in [0.15, 0.2) is 0 Å². The van der Waals surface area contributed by atoms with Crippen molar-refractivity contribution in [2.45, 2.75) is 189 Å². The van der Waals surface area contributed by atoms with Gasteiger partial charge in [0.15, 0.2) is 0 Å². The van der Waals surface area contributed by atoms with Crippen LogP contribution < -0.4 is 43.0 Å². The summed E-state index contributed by atoms with van der Waals surface area (Å²) in [6, 6.07) is -8.17. The van der Waals surface area contributed by atoms with E-state index in [0.29, 0.717) is 31.4 Å². The number of aliphatic carboxylic acids is 1. The third kappa shape index (κ3) is 23.2. The van der Waals surface area contributed by atoms with E-state index in [1.165, 1.54) is 16.7 Å². The van der Waals surface area contributed by atoms with Crippen LogP contribution in [0.2, 0.25) is 0 Å². The highest BCUT2D eigenvalue weighted by molar-refractivity contribution is 7.98. The molecule has 0 bridgehead atoms. The highest BCUT2D eigenvalue weighted by Crippen LogP contribution is 2.19. The molecule has 0 aromatic carbocycles. The number of nitrogens with two attached hydrogens (primary N) is 1. The van der Waals surface area contributed by atoms with E-state index in [9.17, 15) is 48.3 Å². The number of thioether (sulfide) groups is 1. The molecule has 390 valence electrons. The molecule has 0 spiro atoms. The summed E-state index contributed by atoms with van der Waals surface area (Å²) in [5, 5.41) is 28.8. The zero-order chi connectivity index (χ0) is 52.0. The first kappa shape index (κ1) is 61.6. The van der Waals surface area contributed by atoms with Crippen LogP contribution in [0.25, 0.3) is 0 Å². The average molecular weight is 982 g/mol. The fourth-order valence-corrected chi connectivity index (χ4v) is 8.46. The molecule has 1 aliphatic heterocycles. The van der Waals surface area contributed by atoms with E-state index in [1.54, 1.807) is 0 Å². The maximum atomic E-state index is 14.1. The van der Waals surface area contributed by atoms with Gasteiger partial charge in [-0.3, -0.25) is 38.4 Å². The van der Waals surface area contributed by atoms with Gasteiger partial charge in [-0.15, -0.1) is 0 Å². The normalized spacial score (nSPS) is 17.0. The Morgan fingerprint density at radius 2 is 0.897 bits per heavy atom. The number of nitrogens with one attached hydrogen (secondary N) is 7. The number of likely N-dealkylation sites (tertiary alicyclic amines) is 1. The van der Waals surface area contributed by atoms with Crippen LogP contribution in [0, 0.1) is 35.5 Å². The lowest BCUT2D eigenvalue weighted by atomic mass is 9.98. The van der Waals surface area contributed by atoms with E-state index < -0.39 is 108 Å². The second-order valence-electron chi connectivity index (χ2n) is 20.8. The Morgan fingerprint density at radius 3 is 1.28 bits per heavy atom. The Morgan fingerprint density at radius 1 is 0.529 bits per heavy atom. The summed E-state index contributed by atoms with van der Waals surface area (Å²) in [4.78, 5) is 122. The lowest BCUT2D eigenvalue weighted by Crippen LogP contribution is -2.60. The number of nitrogens with zero attached hydrogens (tertiary/aromatic N) is 1. The molecule has 0 aromatic heterocycles. The van der Waals surface area contributed by atoms with Crippen molar-refractivity contribution >= 4 is 65.0 Å². The smallest absolute Gasteiger partial charge is 0.326 e. The van der Waals surface area contributed by atoms with Crippen LogP contribution in [0.5, 0.6) is 0 Å². The first-order valence-corrected chi connectivity index (χ1v) is 25.9. The largest absolute Gasteiger partial charge is 0.480 e. The molecular weight excluding hydrogens is 895 g/mol. The molecule has 0 radical (unpaired) electrons. The molecule has 1 aliphatic rings. The minimum atomic E-state index is -1.17. The van der Waals surface area contributed by atoms with E-state index in [4.69, 9.17) is 5.73 Å². The van der Waals surface area contributed by atoms with Gasteiger partial charge < -0.3 is 53.0 Å². The fraction of sp³-hybridized carbons (Fsp3) is 0.812. The summed E-state index contributed by atoms with van der Waals surface area (Å²) in [7, 11) is 0. The number of carboxylic acids is 1. The van der Waals surface area contributed by atoms with Gasteiger partial charge in [0, 0.05) is 6.54 Å². The Balaban J connectivity index is 3.25. The Labute approximate surface area is 409 Å². The summed E-state index contributed by atoms with van der Waals surface area (Å²) in [5.74, 6) is -5.41. The molecular formula is C48H87N9O10S. The Bertz CT molecular complexity index is 1680. The van der Waals surface area contributed by atoms with Gasteiger partial charge in [0.1, 0.15) is 42.3 Å². The zero-order valence-corrected chi connectivity index (χ0v) is 43.9. The van der Waals surface area contributed by atoms with Gasteiger partial charge in [-0.1, -0.05) is 83.1 Å². The third-order valence-electron chi connectivity index (χ3n) is 11.3. The second kappa shape index (κ2) is 30.9. The molecule has 1 saturated heterocycles. The van der Waals surface area contributed by atoms with Crippen LogP contribution in [-0.4, -0.2) is 137 Å². The summed E-state index contributed by atoms with van der Waals surface area (Å²) in [6.07, 6.45) is 4.47. The number of hydrogen-bond acceptors (Lipinski definition) is 11. The number of carboxylic acid groups (broad SMARTS) is 1. The standard InChI is InChI=1S/C48H87N9O10S/c1-26(2)19-32(49)41(59)51-33(16-18-68-13)43(61)53-35(21-28(5)6)45(63)55-37(23-30(9)10)46(64)54-36(22-29(7)8)44(62)52-34(20-27(3)4)42(60)50-25-40(58)57-17-14-15-39(57)47(65)56-38(48(66)67)24-31(11)12/h26-39H,14-25,49H2,1-13H3,(H,50,60)(H,51,59)(H,52,62)(H,53,61)(H,54,64)(H,55,63)(H,56,65)(H,66,67)/t32-,33-,34-,35-,36-,37-,38-,39-/m0/s1. The Kier molecular flexibility index (Phi) is 28.0. The predicted molar refractivity (Wildman–Crippen MR) is 265 cm³/mol. The molecule has 1 rings (SSSR count). The molecule has 19 nitrogen and oxygen atoms in total. The number of carbonyl (C=O) groups is 9. The second-order valence-corrected chi connectivity index (χ2v) is 21.8. The molecule has 1 heterocycles. The summed E-state index contributed by atoms with van der Waals surface area (Å²) in [5.41, 5.74) is 6.12. The van der Waals surface area contributed by atoms with Crippen molar-refractivity contribution in [1.82, 2.24) is 42.1 Å². The van der Waals surface area contributed by atoms with Crippen LogP contribution in [-0.2, 0) is 43.2 Å². The van der Waals surface area contributed by atoms with Crippen molar-refractivity contribution in [1.29, 1.82) is 0 Å². The Hall–Kier alpha value is -4.46. The van der Waals surface area contributed by atoms with Crippen molar-refractivity contribution in [3.05, 3.63) is 0 Å². The highest BCUT2D eigenvalue weighted by atomic mass is 32.2. The van der Waals surface area contributed by atoms with Gasteiger partial charge in [0.25, 0.3) is 0 Å². The van der Waals surface area contributed by atoms with Crippen molar-refractivity contribution in [3.63, 3.8) is 0 Å². The minimum Gasteiger partial charge on any atom is -0.480 e. The summed E-state index contributed by atoms with van der Waals surface area (Å²) >= 11 is 1.50. The van der Waals surface area contributed by atoms with E-state index in [1.807, 2.05) is 89.3 Å². The highest BCUT2D eigenvalue weighted by Gasteiger charge is 2.38. The molecule has 8 atom stereocenters. The van der Waals surface area contributed by atoms with Crippen LogP contribution in [0.3, 0.4) is 0 Å². The average Bonchev–Trinajstić information content (AvgIpc) is 3.72. The van der Waals surface area contributed by atoms with Crippen molar-refractivity contribution in [2.75, 3.05) is 25.1 Å². The van der Waals surface area contributed by atoms with Gasteiger partial charge in [-0.25, -0.2) is 4.79 Å². The molecule has 0 aromatic rings.